The molecule has 6 heteroatoms. The van der Waals surface area contributed by atoms with E-state index in [-0.39, 0.29) is 12.4 Å². The van der Waals surface area contributed by atoms with E-state index in [0.29, 0.717) is 25.3 Å². The number of hydrogen-bond acceptors (Lipinski definition) is 1. The quantitative estimate of drug-likeness (QED) is 0.579. The van der Waals surface area contributed by atoms with Crippen LogP contribution in [0.15, 0.2) is 34.8 Å². The first-order chi connectivity index (χ1) is 8.97. The Bertz CT molecular complexity index is 619. The molecule has 0 amide bonds. The summed E-state index contributed by atoms with van der Waals surface area (Å²) in [4.78, 5) is 0. The van der Waals surface area contributed by atoms with Crippen LogP contribution in [0, 0.1) is 5.82 Å². The maximum atomic E-state index is 12.9. The zero-order valence-corrected chi connectivity index (χ0v) is 13.2. The zero-order chi connectivity index (χ0) is 14.0. The normalized spacial score (nSPS) is 10.6. The molecular weight excluding hydrogens is 377 g/mol. The molecule has 19 heavy (non-hydrogen) atoms. The van der Waals surface area contributed by atoms with Gasteiger partial charge in [-0.05, 0) is 18.2 Å². The highest BCUT2D eigenvalue weighted by Crippen LogP contribution is 2.34. The van der Waals surface area contributed by atoms with Gasteiger partial charge in [0.05, 0.1) is 15.1 Å². The molecule has 2 aromatic rings. The van der Waals surface area contributed by atoms with Gasteiger partial charge in [-0.25, -0.2) is 4.39 Å². The van der Waals surface area contributed by atoms with Crippen LogP contribution in [0.4, 0.5) is 4.39 Å². The Labute approximate surface area is 133 Å². The molecule has 0 heterocycles. The van der Waals surface area contributed by atoms with Crippen LogP contribution in [-0.2, 0) is 6.61 Å². The van der Waals surface area contributed by atoms with Crippen molar-refractivity contribution in [1.29, 1.82) is 0 Å². The minimum absolute atomic E-state index is 0.235. The van der Waals surface area contributed by atoms with Gasteiger partial charge in [0.15, 0.2) is 0 Å². The highest BCUT2D eigenvalue weighted by atomic mass is 79.9. The van der Waals surface area contributed by atoms with E-state index in [1.54, 1.807) is 12.1 Å². The first-order valence-electron chi connectivity index (χ1n) is 5.18. The predicted molar refractivity (Wildman–Crippen MR) is 79.9 cm³/mol. The van der Waals surface area contributed by atoms with E-state index in [2.05, 4.69) is 15.9 Å². The van der Waals surface area contributed by atoms with Gasteiger partial charge < -0.3 is 4.74 Å². The Kier molecular flexibility index (Phi) is 4.96. The van der Waals surface area contributed by atoms with Crippen molar-refractivity contribution in [3.63, 3.8) is 0 Å². The summed E-state index contributed by atoms with van der Waals surface area (Å²) >= 11 is 21.0. The van der Waals surface area contributed by atoms with Gasteiger partial charge >= 0.3 is 0 Å². The third kappa shape index (κ3) is 3.76. The molecular formula is C13H7BrCl3FO. The molecule has 100 valence electrons. The van der Waals surface area contributed by atoms with Crippen LogP contribution in [-0.4, -0.2) is 0 Å². The summed E-state index contributed by atoms with van der Waals surface area (Å²) < 4.78 is 19.1. The fourth-order valence-electron chi connectivity index (χ4n) is 1.41. The average Bonchev–Trinajstić information content (AvgIpc) is 2.34. The maximum absolute atomic E-state index is 12.9. The fraction of sp³-hybridized carbons (Fsp3) is 0.0769. The van der Waals surface area contributed by atoms with Crippen LogP contribution < -0.4 is 4.74 Å². The second-order valence-corrected chi connectivity index (χ2v) is 5.80. The highest BCUT2D eigenvalue weighted by Gasteiger charge is 2.08. The molecule has 0 spiro atoms. The molecule has 1 nitrogen and oxygen atoms in total. The SMILES string of the molecule is Fc1ccc(COc2cc(Cl)c(Cl)cc2Cl)c(Br)c1. The van der Waals surface area contributed by atoms with Crippen LogP contribution in [0.1, 0.15) is 5.56 Å². The van der Waals surface area contributed by atoms with Gasteiger partial charge in [0.25, 0.3) is 0 Å². The van der Waals surface area contributed by atoms with Gasteiger partial charge in [0.2, 0.25) is 0 Å². The number of benzene rings is 2. The number of ether oxygens (including phenoxy) is 1. The molecule has 0 fully saturated rings. The van der Waals surface area contributed by atoms with E-state index >= 15 is 0 Å². The second-order valence-electron chi connectivity index (χ2n) is 3.72. The lowest BCUT2D eigenvalue weighted by atomic mass is 10.2. The van der Waals surface area contributed by atoms with Crippen molar-refractivity contribution in [1.82, 2.24) is 0 Å². The van der Waals surface area contributed by atoms with Crippen molar-refractivity contribution in [3.05, 3.63) is 61.3 Å². The predicted octanol–water partition coefficient (Wildman–Crippen LogP) is 6.13. The van der Waals surface area contributed by atoms with E-state index in [9.17, 15) is 4.39 Å². The maximum Gasteiger partial charge on any atom is 0.139 e. The van der Waals surface area contributed by atoms with Gasteiger partial charge in [0.1, 0.15) is 18.2 Å². The first-order valence-corrected chi connectivity index (χ1v) is 7.11. The topological polar surface area (TPSA) is 9.23 Å². The Morgan fingerprint density at radius 1 is 1.00 bits per heavy atom. The van der Waals surface area contributed by atoms with E-state index in [1.165, 1.54) is 18.2 Å². The second kappa shape index (κ2) is 6.31. The Hall–Kier alpha value is -0.480. The lowest BCUT2D eigenvalue weighted by Gasteiger charge is -2.10. The fourth-order valence-corrected chi connectivity index (χ4v) is 2.47. The molecule has 0 saturated heterocycles. The largest absolute Gasteiger partial charge is 0.487 e. The molecule has 0 N–H and O–H groups in total. The zero-order valence-electron chi connectivity index (χ0n) is 9.39. The molecule has 0 aliphatic heterocycles. The molecule has 2 rings (SSSR count). The van der Waals surface area contributed by atoms with Crippen molar-refractivity contribution < 1.29 is 9.13 Å². The first kappa shape index (κ1) is 14.9. The summed E-state index contributed by atoms with van der Waals surface area (Å²) in [5.74, 6) is 0.107. The average molecular weight is 384 g/mol. The van der Waals surface area contributed by atoms with E-state index in [1.807, 2.05) is 0 Å². The standard InChI is InChI=1S/C13H7BrCl3FO/c14-9-3-8(18)2-1-7(9)6-19-13-5-11(16)10(15)4-12(13)17/h1-5H,6H2. The van der Waals surface area contributed by atoms with Crippen LogP contribution in [0.2, 0.25) is 15.1 Å². The lowest BCUT2D eigenvalue weighted by Crippen LogP contribution is -1.97. The van der Waals surface area contributed by atoms with Crippen molar-refractivity contribution in [2.45, 2.75) is 6.61 Å². The summed E-state index contributed by atoms with van der Waals surface area (Å²) in [6.45, 7) is 0.235. The Morgan fingerprint density at radius 2 is 1.68 bits per heavy atom. The lowest BCUT2D eigenvalue weighted by molar-refractivity contribution is 0.305. The van der Waals surface area contributed by atoms with Crippen LogP contribution in [0.5, 0.6) is 5.75 Å². The Balaban J connectivity index is 2.16. The smallest absolute Gasteiger partial charge is 0.139 e. The van der Waals surface area contributed by atoms with E-state index in [0.717, 1.165) is 5.56 Å². The van der Waals surface area contributed by atoms with Gasteiger partial charge in [-0.15, -0.1) is 0 Å². The molecule has 0 atom stereocenters. The van der Waals surface area contributed by atoms with E-state index in [4.69, 9.17) is 39.5 Å². The van der Waals surface area contributed by atoms with E-state index < -0.39 is 0 Å². The molecule has 0 saturated carbocycles. The van der Waals surface area contributed by atoms with Crippen molar-refractivity contribution in [2.24, 2.45) is 0 Å². The number of hydrogen-bond donors (Lipinski definition) is 0. The van der Waals surface area contributed by atoms with Crippen molar-refractivity contribution >= 4 is 50.7 Å². The molecule has 0 unspecified atom stereocenters. The summed E-state index contributed by atoms with van der Waals surface area (Å²) in [5, 5.41) is 1.09. The van der Waals surface area contributed by atoms with Gasteiger partial charge in [-0.3, -0.25) is 0 Å². The summed E-state index contributed by atoms with van der Waals surface area (Å²) in [6, 6.07) is 7.42. The van der Waals surface area contributed by atoms with Crippen LogP contribution in [0.3, 0.4) is 0 Å². The molecule has 0 aromatic heterocycles. The van der Waals surface area contributed by atoms with Crippen molar-refractivity contribution in [2.75, 3.05) is 0 Å². The third-order valence-corrected chi connectivity index (χ3v) is 4.13. The molecule has 0 bridgehead atoms. The summed E-state index contributed by atoms with van der Waals surface area (Å²) in [7, 11) is 0. The highest BCUT2D eigenvalue weighted by molar-refractivity contribution is 9.10. The Morgan fingerprint density at radius 3 is 2.37 bits per heavy atom. The minimum atomic E-state index is -0.316. The van der Waals surface area contributed by atoms with Gasteiger partial charge in [-0.1, -0.05) is 56.8 Å². The number of halogens is 5. The molecule has 0 aliphatic carbocycles. The van der Waals surface area contributed by atoms with Crippen LogP contribution >= 0.6 is 50.7 Å². The summed E-state index contributed by atoms with van der Waals surface area (Å²) in [6.07, 6.45) is 0. The minimum Gasteiger partial charge on any atom is -0.487 e. The van der Waals surface area contributed by atoms with Crippen LogP contribution in [0.25, 0.3) is 0 Å². The molecule has 2 aromatic carbocycles. The van der Waals surface area contributed by atoms with Gasteiger partial charge in [-0.2, -0.15) is 0 Å². The summed E-state index contributed by atoms with van der Waals surface area (Å²) in [5.41, 5.74) is 0.795. The monoisotopic (exact) mass is 382 g/mol. The van der Waals surface area contributed by atoms with Gasteiger partial charge in [0, 0.05) is 16.1 Å². The molecule has 0 aliphatic rings. The number of rotatable bonds is 3. The van der Waals surface area contributed by atoms with Crippen molar-refractivity contribution in [3.8, 4) is 5.75 Å². The third-order valence-electron chi connectivity index (χ3n) is 2.37. The molecule has 0 radical (unpaired) electrons.